The van der Waals surface area contributed by atoms with E-state index in [-0.39, 0.29) is 30.2 Å². The second kappa shape index (κ2) is 13.5. The fourth-order valence-electron chi connectivity index (χ4n) is 2.69. The Bertz CT molecular complexity index is 1060. The second-order valence-corrected chi connectivity index (χ2v) is 6.58. The Kier molecular flexibility index (Phi) is 11.4. The summed E-state index contributed by atoms with van der Waals surface area (Å²) >= 11 is 6.15. The van der Waals surface area contributed by atoms with E-state index in [1.807, 2.05) is 34.6 Å². The van der Waals surface area contributed by atoms with Crippen molar-refractivity contribution in [2.45, 2.75) is 47.6 Å². The van der Waals surface area contributed by atoms with Crippen LogP contribution in [0.5, 0.6) is 5.75 Å². The van der Waals surface area contributed by atoms with Gasteiger partial charge >= 0.3 is 5.56 Å². The van der Waals surface area contributed by atoms with Crippen molar-refractivity contribution in [3.63, 3.8) is 0 Å². The Morgan fingerprint density at radius 3 is 2.56 bits per heavy atom. The van der Waals surface area contributed by atoms with Crippen LogP contribution >= 0.6 is 11.6 Å². The van der Waals surface area contributed by atoms with Gasteiger partial charge in [0, 0.05) is 28.8 Å². The minimum absolute atomic E-state index is 0.00805. The molecule has 1 N–H and O–H groups in total. The molecule has 2 aromatic rings. The maximum absolute atomic E-state index is 14.3. The van der Waals surface area contributed by atoms with Crippen LogP contribution in [-0.2, 0) is 6.54 Å². The molecule has 1 aliphatic rings. The van der Waals surface area contributed by atoms with Crippen LogP contribution in [0.25, 0.3) is 0 Å². The van der Waals surface area contributed by atoms with E-state index in [1.165, 1.54) is 30.0 Å². The van der Waals surface area contributed by atoms with Crippen LogP contribution in [0.2, 0.25) is 5.02 Å². The zero-order valence-corrected chi connectivity index (χ0v) is 20.1. The van der Waals surface area contributed by atoms with E-state index in [2.05, 4.69) is 10.3 Å². The number of nitrogens with zero attached hydrogens (tertiary/aromatic N) is 2. The molecule has 8 heteroatoms. The number of anilines is 2. The highest BCUT2D eigenvalue weighted by Crippen LogP contribution is 2.27. The van der Waals surface area contributed by atoms with E-state index in [0.717, 1.165) is 11.6 Å². The molecule has 0 saturated carbocycles. The van der Waals surface area contributed by atoms with Gasteiger partial charge in [-0.1, -0.05) is 57.5 Å². The number of ether oxygens (including phenoxy) is 1. The first-order valence-corrected chi connectivity index (χ1v) is 10.9. The van der Waals surface area contributed by atoms with Crippen LogP contribution in [0.4, 0.5) is 20.4 Å². The maximum Gasteiger partial charge on any atom is 0.316 e. The minimum Gasteiger partial charge on any atom is -0.490 e. The number of hydrogen-bond donors (Lipinski definition) is 1. The van der Waals surface area contributed by atoms with Crippen molar-refractivity contribution in [1.82, 2.24) is 9.55 Å². The molecule has 0 saturated heterocycles. The van der Waals surface area contributed by atoms with Crippen molar-refractivity contribution >= 4 is 23.2 Å². The van der Waals surface area contributed by atoms with Gasteiger partial charge in [-0.2, -0.15) is 4.98 Å². The summed E-state index contributed by atoms with van der Waals surface area (Å²) < 4.78 is 34.4. The van der Waals surface area contributed by atoms with Crippen LogP contribution in [0.3, 0.4) is 0 Å². The number of aromatic nitrogens is 2. The summed E-state index contributed by atoms with van der Waals surface area (Å²) in [7, 11) is 1.35. The fraction of sp³-hybridized carbons (Fsp3) is 0.333. The summed E-state index contributed by atoms with van der Waals surface area (Å²) in [6, 6.07) is 5.28. The first kappa shape index (κ1) is 27.1. The lowest BCUT2D eigenvalue weighted by Crippen LogP contribution is -2.19. The molecule has 1 aromatic carbocycles. The lowest BCUT2D eigenvalue weighted by atomic mass is 10.2. The van der Waals surface area contributed by atoms with Gasteiger partial charge in [-0.25, -0.2) is 8.78 Å². The Morgan fingerprint density at radius 2 is 1.91 bits per heavy atom. The molecule has 1 aromatic heterocycles. The first-order valence-electron chi connectivity index (χ1n) is 10.5. The highest BCUT2D eigenvalue weighted by atomic mass is 35.5. The van der Waals surface area contributed by atoms with Gasteiger partial charge in [0.25, 0.3) is 0 Å². The Hall–Kier alpha value is -2.93. The van der Waals surface area contributed by atoms with Crippen LogP contribution in [0.15, 0.2) is 64.6 Å². The summed E-state index contributed by atoms with van der Waals surface area (Å²) in [6.07, 6.45) is 5.36. The van der Waals surface area contributed by atoms with Crippen LogP contribution < -0.4 is 15.6 Å². The van der Waals surface area contributed by atoms with Crippen LogP contribution in [-0.4, -0.2) is 16.7 Å². The molecule has 0 aliphatic heterocycles. The average molecular weight is 466 g/mol. The third kappa shape index (κ3) is 7.05. The number of methoxy groups -OCH3 is 1. The molecule has 0 radical (unpaired) electrons. The normalized spacial score (nSPS) is 12.6. The Balaban J connectivity index is 0.00000121. The van der Waals surface area contributed by atoms with E-state index >= 15 is 0 Å². The fourth-order valence-corrected chi connectivity index (χ4v) is 2.87. The molecular formula is C24H30ClF2N3O2. The molecular weight excluding hydrogens is 436 g/mol. The van der Waals surface area contributed by atoms with Crippen molar-refractivity contribution in [2.24, 2.45) is 0 Å². The molecule has 1 aliphatic carbocycles. The molecule has 0 atom stereocenters. The molecule has 1 heterocycles. The number of hydrogen-bond acceptors (Lipinski definition) is 4. The molecule has 3 rings (SSSR count). The largest absolute Gasteiger partial charge is 0.490 e. The van der Waals surface area contributed by atoms with Gasteiger partial charge in [0.05, 0.1) is 19.9 Å². The van der Waals surface area contributed by atoms with E-state index in [1.54, 1.807) is 18.2 Å². The van der Waals surface area contributed by atoms with Crippen molar-refractivity contribution < 1.29 is 13.5 Å². The summed E-state index contributed by atoms with van der Waals surface area (Å²) in [5, 5.41) is 3.61. The number of nitrogens with one attached hydrogen (secondary N) is 1. The van der Waals surface area contributed by atoms with Crippen molar-refractivity contribution in [3.05, 3.63) is 80.8 Å². The molecule has 32 heavy (non-hydrogen) atoms. The van der Waals surface area contributed by atoms with Crippen molar-refractivity contribution in [3.8, 4) is 5.75 Å². The van der Waals surface area contributed by atoms with Gasteiger partial charge in [-0.05, 0) is 24.6 Å². The standard InChI is InChI=1S/C20H18ClF2N3O2.2C2H6/c1-12-15(21)7-4-8-17(12)24-20-25-19(27)18(28-2)11-26(20)10-13-5-3-6-14(22)9-16(13)23;2*1-2/h3-5,7-9,11H,6,10H2,1-2H3,(H,24,25,27);2*1-2H3. The van der Waals surface area contributed by atoms with Gasteiger partial charge in [0.1, 0.15) is 11.7 Å². The van der Waals surface area contributed by atoms with Crippen LogP contribution in [0, 0.1) is 6.92 Å². The zero-order chi connectivity index (χ0) is 24.3. The lowest BCUT2D eigenvalue weighted by molar-refractivity contribution is 0.402. The van der Waals surface area contributed by atoms with Crippen LogP contribution in [0.1, 0.15) is 39.7 Å². The van der Waals surface area contributed by atoms with Gasteiger partial charge in [0.2, 0.25) is 11.7 Å². The van der Waals surface area contributed by atoms with Crippen molar-refractivity contribution in [2.75, 3.05) is 12.4 Å². The zero-order valence-electron chi connectivity index (χ0n) is 19.3. The third-order valence-corrected chi connectivity index (χ3v) is 4.67. The molecule has 0 fully saturated rings. The Labute approximate surface area is 193 Å². The lowest BCUT2D eigenvalue weighted by Gasteiger charge is -2.17. The van der Waals surface area contributed by atoms with E-state index in [4.69, 9.17) is 16.3 Å². The summed E-state index contributed by atoms with van der Waals surface area (Å²) in [5.74, 6) is -1.06. The summed E-state index contributed by atoms with van der Waals surface area (Å²) in [6.45, 7) is 9.83. The van der Waals surface area contributed by atoms with E-state index in [0.29, 0.717) is 10.7 Å². The highest BCUT2D eigenvalue weighted by molar-refractivity contribution is 6.31. The summed E-state index contributed by atoms with van der Waals surface area (Å²) in [5.41, 5.74) is 1.09. The summed E-state index contributed by atoms with van der Waals surface area (Å²) in [4.78, 5) is 16.2. The average Bonchev–Trinajstić information content (AvgIpc) is 2.95. The predicted molar refractivity (Wildman–Crippen MR) is 128 cm³/mol. The SMILES string of the molecule is CC.CC.COc1cn(CC2=C(F)C=C(F)CC=C2)c(Nc2cccc(Cl)c2C)nc1=O. The number of rotatable bonds is 5. The van der Waals surface area contributed by atoms with E-state index in [9.17, 15) is 13.6 Å². The molecule has 0 bridgehead atoms. The maximum atomic E-state index is 14.3. The smallest absolute Gasteiger partial charge is 0.316 e. The van der Waals surface area contributed by atoms with Gasteiger partial charge < -0.3 is 14.6 Å². The van der Waals surface area contributed by atoms with E-state index < -0.39 is 17.2 Å². The second-order valence-electron chi connectivity index (χ2n) is 6.17. The molecule has 0 amide bonds. The predicted octanol–water partition coefficient (Wildman–Crippen LogP) is 7.05. The monoisotopic (exact) mass is 465 g/mol. The Morgan fingerprint density at radius 1 is 1.22 bits per heavy atom. The topological polar surface area (TPSA) is 56.1 Å². The number of benzene rings is 1. The molecule has 5 nitrogen and oxygen atoms in total. The van der Waals surface area contributed by atoms with Gasteiger partial charge in [0.15, 0.2) is 0 Å². The third-order valence-electron chi connectivity index (χ3n) is 4.26. The highest BCUT2D eigenvalue weighted by Gasteiger charge is 2.14. The quantitative estimate of drug-likeness (QED) is 0.514. The first-order chi connectivity index (χ1) is 15.4. The van der Waals surface area contributed by atoms with Crippen molar-refractivity contribution in [1.29, 1.82) is 0 Å². The minimum atomic E-state index is -0.686. The molecule has 0 spiro atoms. The molecule has 174 valence electrons. The van der Waals surface area contributed by atoms with Gasteiger partial charge in [-0.15, -0.1) is 0 Å². The number of halogens is 3. The van der Waals surface area contributed by atoms with Gasteiger partial charge in [-0.3, -0.25) is 4.79 Å². The number of allylic oxidation sites excluding steroid dienone is 6. The molecule has 0 unspecified atom stereocenters.